The van der Waals surface area contributed by atoms with Crippen molar-refractivity contribution in [3.8, 4) is 0 Å². The van der Waals surface area contributed by atoms with E-state index in [0.29, 0.717) is 44.0 Å². The van der Waals surface area contributed by atoms with Gasteiger partial charge in [0.25, 0.3) is 5.91 Å². The van der Waals surface area contributed by atoms with Gasteiger partial charge in [0.1, 0.15) is 5.82 Å². The van der Waals surface area contributed by atoms with Crippen LogP contribution in [0.5, 0.6) is 0 Å². The van der Waals surface area contributed by atoms with Crippen LogP contribution in [0.15, 0.2) is 41.9 Å². The molecule has 1 aliphatic rings. The van der Waals surface area contributed by atoms with E-state index in [4.69, 9.17) is 0 Å². The lowest BCUT2D eigenvalue weighted by Crippen LogP contribution is -2.49. The number of aromatic nitrogens is 1. The molecule has 2 aromatic rings. The maximum Gasteiger partial charge on any atom is 0.261 e. The van der Waals surface area contributed by atoms with Crippen molar-refractivity contribution in [2.24, 2.45) is 0 Å². The minimum atomic E-state index is -3.30. The largest absolute Gasteiger partial charge is 0.354 e. The zero-order valence-electron chi connectivity index (χ0n) is 14.4. The SMILES string of the molecule is O=C(NCCCS(=O)(=O)N1CCN(c2ccccn2)CC1)c1cccs1. The molecule has 9 heteroatoms. The molecule has 0 spiro atoms. The number of pyridine rings is 1. The molecule has 1 aliphatic heterocycles. The van der Waals surface area contributed by atoms with E-state index < -0.39 is 10.0 Å². The highest BCUT2D eigenvalue weighted by atomic mass is 32.2. The summed E-state index contributed by atoms with van der Waals surface area (Å²) >= 11 is 1.37. The molecule has 7 nitrogen and oxygen atoms in total. The van der Waals surface area contributed by atoms with Crippen LogP contribution in [-0.4, -0.2) is 62.1 Å². The van der Waals surface area contributed by atoms with Gasteiger partial charge in [-0.15, -0.1) is 11.3 Å². The second-order valence-electron chi connectivity index (χ2n) is 5.98. The van der Waals surface area contributed by atoms with Crippen molar-refractivity contribution >= 4 is 33.1 Å². The van der Waals surface area contributed by atoms with Gasteiger partial charge in [-0.1, -0.05) is 12.1 Å². The first-order chi connectivity index (χ1) is 12.6. The highest BCUT2D eigenvalue weighted by molar-refractivity contribution is 7.89. The first-order valence-electron chi connectivity index (χ1n) is 8.52. The number of rotatable bonds is 7. The number of carbonyl (C=O) groups is 1. The molecule has 3 rings (SSSR count). The van der Waals surface area contributed by atoms with Crippen molar-refractivity contribution in [2.45, 2.75) is 6.42 Å². The standard InChI is InChI=1S/C17H22N4O3S2/c22-17(15-5-3-13-25-15)19-8-4-14-26(23,24)21-11-9-20(10-12-21)16-6-1-2-7-18-16/h1-3,5-7,13H,4,8-12,14H2,(H,19,22). The number of hydrogen-bond acceptors (Lipinski definition) is 6. The van der Waals surface area contributed by atoms with E-state index in [-0.39, 0.29) is 11.7 Å². The van der Waals surface area contributed by atoms with Gasteiger partial charge in [0, 0.05) is 38.9 Å². The Labute approximate surface area is 157 Å². The summed E-state index contributed by atoms with van der Waals surface area (Å²) in [6.07, 6.45) is 2.14. The van der Waals surface area contributed by atoms with Gasteiger partial charge in [-0.25, -0.2) is 13.4 Å². The Morgan fingerprint density at radius 1 is 1.15 bits per heavy atom. The quantitative estimate of drug-likeness (QED) is 0.718. The summed E-state index contributed by atoms with van der Waals surface area (Å²) in [4.78, 5) is 18.9. The summed E-state index contributed by atoms with van der Waals surface area (Å²) in [6.45, 7) is 2.53. The summed E-state index contributed by atoms with van der Waals surface area (Å²) in [7, 11) is -3.30. The van der Waals surface area contributed by atoms with E-state index in [1.54, 1.807) is 12.3 Å². The summed E-state index contributed by atoms with van der Waals surface area (Å²) < 4.78 is 26.5. The van der Waals surface area contributed by atoms with Crippen molar-refractivity contribution in [3.05, 3.63) is 46.8 Å². The molecule has 26 heavy (non-hydrogen) atoms. The van der Waals surface area contributed by atoms with Crippen LogP contribution in [0, 0.1) is 0 Å². The van der Waals surface area contributed by atoms with Crippen LogP contribution in [0.25, 0.3) is 0 Å². The highest BCUT2D eigenvalue weighted by Crippen LogP contribution is 2.15. The molecule has 0 aromatic carbocycles. The molecular formula is C17H22N4O3S2. The van der Waals surface area contributed by atoms with Gasteiger partial charge in [-0.2, -0.15) is 4.31 Å². The topological polar surface area (TPSA) is 82.6 Å². The number of anilines is 1. The summed E-state index contributed by atoms with van der Waals surface area (Å²) in [5, 5.41) is 4.60. The molecule has 0 atom stereocenters. The number of amides is 1. The monoisotopic (exact) mass is 394 g/mol. The van der Waals surface area contributed by atoms with E-state index in [9.17, 15) is 13.2 Å². The molecule has 2 aromatic heterocycles. The van der Waals surface area contributed by atoms with Crippen LogP contribution in [0.1, 0.15) is 16.1 Å². The number of carbonyl (C=O) groups excluding carboxylic acids is 1. The molecule has 3 heterocycles. The van der Waals surface area contributed by atoms with Gasteiger partial charge in [0.2, 0.25) is 10.0 Å². The molecule has 0 bridgehead atoms. The summed E-state index contributed by atoms with van der Waals surface area (Å²) in [5.74, 6) is 0.767. The van der Waals surface area contributed by atoms with Crippen LogP contribution >= 0.6 is 11.3 Å². The Bertz CT molecular complexity index is 802. The second kappa shape index (κ2) is 8.61. The minimum absolute atomic E-state index is 0.0430. The average Bonchev–Trinajstić information content (AvgIpc) is 3.21. The maximum absolute atomic E-state index is 12.5. The molecule has 0 unspecified atom stereocenters. The number of nitrogens with one attached hydrogen (secondary N) is 1. The zero-order chi connectivity index (χ0) is 18.4. The predicted octanol–water partition coefficient (Wildman–Crippen LogP) is 1.42. The van der Waals surface area contributed by atoms with Crippen LogP contribution in [0.2, 0.25) is 0 Å². The first kappa shape index (κ1) is 18.8. The molecule has 0 saturated carbocycles. The van der Waals surface area contributed by atoms with Crippen LogP contribution in [0.3, 0.4) is 0 Å². The van der Waals surface area contributed by atoms with E-state index in [2.05, 4.69) is 15.2 Å². The van der Waals surface area contributed by atoms with Crippen LogP contribution in [-0.2, 0) is 10.0 Å². The van der Waals surface area contributed by atoms with Gasteiger partial charge >= 0.3 is 0 Å². The van der Waals surface area contributed by atoms with E-state index >= 15 is 0 Å². The van der Waals surface area contributed by atoms with Crippen LogP contribution in [0.4, 0.5) is 5.82 Å². The predicted molar refractivity (Wildman–Crippen MR) is 103 cm³/mol. The Morgan fingerprint density at radius 3 is 2.62 bits per heavy atom. The number of piperazine rings is 1. The maximum atomic E-state index is 12.5. The normalized spacial score (nSPS) is 15.8. The number of hydrogen-bond donors (Lipinski definition) is 1. The first-order valence-corrected chi connectivity index (χ1v) is 11.0. The lowest BCUT2D eigenvalue weighted by Gasteiger charge is -2.34. The lowest BCUT2D eigenvalue weighted by atomic mass is 10.3. The Balaban J connectivity index is 1.42. The lowest BCUT2D eigenvalue weighted by molar-refractivity contribution is 0.0957. The number of nitrogens with zero attached hydrogens (tertiary/aromatic N) is 3. The summed E-state index contributed by atoms with van der Waals surface area (Å²) in [5.41, 5.74) is 0. The molecular weight excluding hydrogens is 372 g/mol. The minimum Gasteiger partial charge on any atom is -0.354 e. The van der Waals surface area contributed by atoms with Gasteiger partial charge < -0.3 is 10.2 Å². The van der Waals surface area contributed by atoms with Crippen molar-refractivity contribution in [1.82, 2.24) is 14.6 Å². The molecule has 1 fully saturated rings. The molecule has 0 aliphatic carbocycles. The highest BCUT2D eigenvalue weighted by Gasteiger charge is 2.26. The van der Waals surface area contributed by atoms with Crippen molar-refractivity contribution in [3.63, 3.8) is 0 Å². The van der Waals surface area contributed by atoms with Crippen LogP contribution < -0.4 is 10.2 Å². The van der Waals surface area contributed by atoms with Crippen molar-refractivity contribution < 1.29 is 13.2 Å². The van der Waals surface area contributed by atoms with Crippen molar-refractivity contribution in [1.29, 1.82) is 0 Å². The fraction of sp³-hybridized carbons (Fsp3) is 0.412. The van der Waals surface area contributed by atoms with E-state index in [0.717, 1.165) is 5.82 Å². The molecule has 1 amide bonds. The molecule has 1 saturated heterocycles. The fourth-order valence-corrected chi connectivity index (χ4v) is 4.94. The molecule has 0 radical (unpaired) electrons. The average molecular weight is 395 g/mol. The second-order valence-corrected chi connectivity index (χ2v) is 9.01. The zero-order valence-corrected chi connectivity index (χ0v) is 16.0. The van der Waals surface area contributed by atoms with E-state index in [1.165, 1.54) is 15.6 Å². The third-order valence-corrected chi connectivity index (χ3v) is 7.04. The third-order valence-electron chi connectivity index (χ3n) is 4.21. The van der Waals surface area contributed by atoms with Gasteiger partial charge in [0.05, 0.1) is 10.6 Å². The van der Waals surface area contributed by atoms with Gasteiger partial charge in [-0.3, -0.25) is 4.79 Å². The Morgan fingerprint density at radius 2 is 1.96 bits per heavy atom. The molecule has 1 N–H and O–H groups in total. The van der Waals surface area contributed by atoms with Gasteiger partial charge in [-0.05, 0) is 30.0 Å². The number of thiophene rings is 1. The fourth-order valence-electron chi connectivity index (χ4n) is 2.82. The van der Waals surface area contributed by atoms with Crippen molar-refractivity contribution in [2.75, 3.05) is 43.4 Å². The van der Waals surface area contributed by atoms with E-state index in [1.807, 2.05) is 29.6 Å². The summed E-state index contributed by atoms with van der Waals surface area (Å²) in [6, 6.07) is 9.28. The van der Waals surface area contributed by atoms with Gasteiger partial charge in [0.15, 0.2) is 0 Å². The smallest absolute Gasteiger partial charge is 0.261 e. The molecule has 140 valence electrons. The number of sulfonamides is 1. The Kier molecular flexibility index (Phi) is 6.23. The third kappa shape index (κ3) is 4.80. The Hall–Kier alpha value is -1.97.